The SMILES string of the molecule is CC(=O)Oc1cccc(C(=O)N2CCC(NC(=O)c3ccncc3)CC2)c1. The van der Waals surface area contributed by atoms with Crippen LogP contribution in [0.15, 0.2) is 48.8 Å². The second kappa shape index (κ2) is 8.44. The first-order chi connectivity index (χ1) is 13.0. The first-order valence-corrected chi connectivity index (χ1v) is 8.81. The van der Waals surface area contributed by atoms with Crippen molar-refractivity contribution in [3.63, 3.8) is 0 Å². The highest BCUT2D eigenvalue weighted by Gasteiger charge is 2.25. The summed E-state index contributed by atoms with van der Waals surface area (Å²) in [4.78, 5) is 41.6. The van der Waals surface area contributed by atoms with Crippen molar-refractivity contribution in [3.8, 4) is 5.75 Å². The molecule has 1 saturated heterocycles. The number of rotatable bonds is 4. The van der Waals surface area contributed by atoms with Crippen LogP contribution in [0, 0.1) is 0 Å². The Bertz CT molecular complexity index is 830. The van der Waals surface area contributed by atoms with E-state index in [-0.39, 0.29) is 17.9 Å². The van der Waals surface area contributed by atoms with E-state index in [1.807, 2.05) is 0 Å². The zero-order valence-electron chi connectivity index (χ0n) is 15.1. The van der Waals surface area contributed by atoms with E-state index in [1.54, 1.807) is 53.7 Å². The number of aromatic nitrogens is 1. The van der Waals surface area contributed by atoms with Crippen LogP contribution in [0.3, 0.4) is 0 Å². The van der Waals surface area contributed by atoms with Crippen LogP contribution in [0.1, 0.15) is 40.5 Å². The standard InChI is InChI=1S/C20H21N3O4/c1-14(24)27-18-4-2-3-16(13-18)20(26)23-11-7-17(8-12-23)22-19(25)15-5-9-21-10-6-15/h2-6,9-10,13,17H,7-8,11-12H2,1H3,(H,22,25). The van der Waals surface area contributed by atoms with Gasteiger partial charge < -0.3 is 15.0 Å². The zero-order chi connectivity index (χ0) is 19.2. The van der Waals surface area contributed by atoms with Crippen molar-refractivity contribution < 1.29 is 19.1 Å². The number of carbonyl (C=O) groups excluding carboxylic acids is 3. The van der Waals surface area contributed by atoms with Gasteiger partial charge in [-0.2, -0.15) is 0 Å². The summed E-state index contributed by atoms with van der Waals surface area (Å²) in [6.07, 6.45) is 4.54. The third kappa shape index (κ3) is 4.91. The van der Waals surface area contributed by atoms with E-state index >= 15 is 0 Å². The van der Waals surface area contributed by atoms with Crippen LogP contribution in [0.4, 0.5) is 0 Å². The van der Waals surface area contributed by atoms with Crippen molar-refractivity contribution in [2.45, 2.75) is 25.8 Å². The van der Waals surface area contributed by atoms with Gasteiger partial charge in [-0.15, -0.1) is 0 Å². The lowest BCUT2D eigenvalue weighted by Gasteiger charge is -2.32. The number of nitrogens with zero attached hydrogens (tertiary/aromatic N) is 2. The van der Waals surface area contributed by atoms with Crippen molar-refractivity contribution in [3.05, 3.63) is 59.9 Å². The molecule has 140 valence electrons. The molecule has 27 heavy (non-hydrogen) atoms. The molecular formula is C20H21N3O4. The highest BCUT2D eigenvalue weighted by molar-refractivity contribution is 5.95. The van der Waals surface area contributed by atoms with E-state index in [0.29, 0.717) is 42.8 Å². The van der Waals surface area contributed by atoms with E-state index in [4.69, 9.17) is 4.74 Å². The van der Waals surface area contributed by atoms with Gasteiger partial charge in [0.2, 0.25) is 0 Å². The largest absolute Gasteiger partial charge is 0.427 e. The van der Waals surface area contributed by atoms with Crippen molar-refractivity contribution in [1.82, 2.24) is 15.2 Å². The summed E-state index contributed by atoms with van der Waals surface area (Å²) in [6.45, 7) is 2.43. The Kier molecular flexibility index (Phi) is 5.80. The topological polar surface area (TPSA) is 88.6 Å². The molecular weight excluding hydrogens is 346 g/mol. The second-order valence-corrected chi connectivity index (χ2v) is 6.40. The molecule has 2 amide bonds. The first-order valence-electron chi connectivity index (χ1n) is 8.81. The molecule has 2 aromatic rings. The molecule has 3 rings (SSSR count). The lowest BCUT2D eigenvalue weighted by atomic mass is 10.0. The number of hydrogen-bond donors (Lipinski definition) is 1. The number of piperidine rings is 1. The predicted molar refractivity (Wildman–Crippen MR) is 98.4 cm³/mol. The number of likely N-dealkylation sites (tertiary alicyclic amines) is 1. The molecule has 0 bridgehead atoms. The number of esters is 1. The Hall–Kier alpha value is -3.22. The Morgan fingerprint density at radius 1 is 1.07 bits per heavy atom. The molecule has 0 unspecified atom stereocenters. The summed E-state index contributed by atoms with van der Waals surface area (Å²) in [7, 11) is 0. The molecule has 0 saturated carbocycles. The van der Waals surface area contributed by atoms with Crippen LogP contribution in [0.5, 0.6) is 5.75 Å². The number of carbonyl (C=O) groups is 3. The Morgan fingerprint density at radius 3 is 2.44 bits per heavy atom. The predicted octanol–water partition coefficient (Wildman–Crippen LogP) is 2.04. The fraction of sp³-hybridized carbons (Fsp3) is 0.300. The van der Waals surface area contributed by atoms with Gasteiger partial charge in [0.1, 0.15) is 5.75 Å². The minimum absolute atomic E-state index is 0.0297. The van der Waals surface area contributed by atoms with Crippen molar-refractivity contribution in [1.29, 1.82) is 0 Å². The number of amides is 2. The van der Waals surface area contributed by atoms with Crippen LogP contribution in [-0.2, 0) is 4.79 Å². The maximum Gasteiger partial charge on any atom is 0.308 e. The quantitative estimate of drug-likeness (QED) is 0.660. The van der Waals surface area contributed by atoms with E-state index in [0.717, 1.165) is 0 Å². The maximum absolute atomic E-state index is 12.7. The molecule has 2 heterocycles. The number of ether oxygens (including phenoxy) is 1. The number of hydrogen-bond acceptors (Lipinski definition) is 5. The summed E-state index contributed by atoms with van der Waals surface area (Å²) in [5.74, 6) is -0.308. The molecule has 7 heteroatoms. The van der Waals surface area contributed by atoms with E-state index in [9.17, 15) is 14.4 Å². The molecule has 1 N–H and O–H groups in total. The van der Waals surface area contributed by atoms with Crippen LogP contribution in [-0.4, -0.2) is 46.8 Å². The Balaban J connectivity index is 1.55. The minimum atomic E-state index is -0.426. The summed E-state index contributed by atoms with van der Waals surface area (Å²) >= 11 is 0. The molecule has 1 aliphatic rings. The zero-order valence-corrected chi connectivity index (χ0v) is 15.1. The van der Waals surface area contributed by atoms with Gasteiger partial charge in [-0.1, -0.05) is 6.07 Å². The third-order valence-corrected chi connectivity index (χ3v) is 4.40. The van der Waals surface area contributed by atoms with E-state index < -0.39 is 5.97 Å². The van der Waals surface area contributed by atoms with Crippen LogP contribution < -0.4 is 10.1 Å². The van der Waals surface area contributed by atoms with Gasteiger partial charge >= 0.3 is 5.97 Å². The van der Waals surface area contributed by atoms with Crippen molar-refractivity contribution in [2.75, 3.05) is 13.1 Å². The van der Waals surface area contributed by atoms with Gasteiger partial charge in [0.25, 0.3) is 11.8 Å². The highest BCUT2D eigenvalue weighted by atomic mass is 16.5. The average Bonchev–Trinajstić information content (AvgIpc) is 2.68. The smallest absolute Gasteiger partial charge is 0.308 e. The summed E-state index contributed by atoms with van der Waals surface area (Å²) in [5, 5.41) is 3.00. The summed E-state index contributed by atoms with van der Waals surface area (Å²) in [6, 6.07) is 9.97. The lowest BCUT2D eigenvalue weighted by molar-refractivity contribution is -0.131. The van der Waals surface area contributed by atoms with Gasteiger partial charge in [-0.05, 0) is 43.2 Å². The fourth-order valence-electron chi connectivity index (χ4n) is 3.04. The molecule has 1 aromatic heterocycles. The number of benzene rings is 1. The molecule has 1 aromatic carbocycles. The lowest BCUT2D eigenvalue weighted by Crippen LogP contribution is -2.46. The fourth-order valence-corrected chi connectivity index (χ4v) is 3.04. The van der Waals surface area contributed by atoms with E-state index in [1.165, 1.54) is 6.92 Å². The van der Waals surface area contributed by atoms with Gasteiger partial charge in [0.15, 0.2) is 0 Å². The monoisotopic (exact) mass is 367 g/mol. The molecule has 0 aliphatic carbocycles. The normalized spacial score (nSPS) is 14.5. The van der Waals surface area contributed by atoms with Crippen LogP contribution in [0.25, 0.3) is 0 Å². The molecule has 0 atom stereocenters. The second-order valence-electron chi connectivity index (χ2n) is 6.40. The highest BCUT2D eigenvalue weighted by Crippen LogP contribution is 2.18. The Labute approximate surface area is 157 Å². The molecule has 7 nitrogen and oxygen atoms in total. The minimum Gasteiger partial charge on any atom is -0.427 e. The number of nitrogens with one attached hydrogen (secondary N) is 1. The van der Waals surface area contributed by atoms with Crippen LogP contribution >= 0.6 is 0 Å². The van der Waals surface area contributed by atoms with E-state index in [2.05, 4.69) is 10.3 Å². The Morgan fingerprint density at radius 2 is 1.78 bits per heavy atom. The maximum atomic E-state index is 12.7. The van der Waals surface area contributed by atoms with Crippen LogP contribution in [0.2, 0.25) is 0 Å². The number of pyridine rings is 1. The summed E-state index contributed by atoms with van der Waals surface area (Å²) in [5.41, 5.74) is 1.05. The van der Waals surface area contributed by atoms with Gasteiger partial charge in [-0.3, -0.25) is 19.4 Å². The molecule has 0 spiro atoms. The molecule has 1 fully saturated rings. The van der Waals surface area contributed by atoms with Gasteiger partial charge in [0, 0.05) is 49.6 Å². The van der Waals surface area contributed by atoms with Gasteiger partial charge in [-0.25, -0.2) is 0 Å². The van der Waals surface area contributed by atoms with Crippen molar-refractivity contribution >= 4 is 17.8 Å². The van der Waals surface area contributed by atoms with Gasteiger partial charge in [0.05, 0.1) is 0 Å². The first kappa shape index (κ1) is 18.6. The van der Waals surface area contributed by atoms with Crippen molar-refractivity contribution in [2.24, 2.45) is 0 Å². The molecule has 0 radical (unpaired) electrons. The average molecular weight is 367 g/mol. The summed E-state index contributed by atoms with van der Waals surface area (Å²) < 4.78 is 5.03. The third-order valence-electron chi connectivity index (χ3n) is 4.40. The molecule has 1 aliphatic heterocycles.